The van der Waals surface area contributed by atoms with E-state index in [1.165, 1.54) is 0 Å². The van der Waals surface area contributed by atoms with E-state index in [1.54, 1.807) is 0 Å². The molecule has 2 heteroatoms. The minimum absolute atomic E-state index is 0.0254. The number of phenols is 1. The van der Waals surface area contributed by atoms with E-state index in [1.807, 2.05) is 6.07 Å². The Kier molecular flexibility index (Phi) is 3.45. The molecule has 0 saturated carbocycles. The van der Waals surface area contributed by atoms with Crippen molar-refractivity contribution in [3.63, 3.8) is 0 Å². The van der Waals surface area contributed by atoms with Crippen molar-refractivity contribution in [3.05, 3.63) is 27.7 Å². The third-order valence-corrected chi connectivity index (χ3v) is 3.56. The molecule has 1 aromatic rings. The summed E-state index contributed by atoms with van der Waals surface area (Å²) in [7, 11) is 0. The minimum atomic E-state index is 0.0254. The Morgan fingerprint density at radius 1 is 0.938 bits per heavy atom. The van der Waals surface area contributed by atoms with Crippen LogP contribution in [0.2, 0.25) is 0 Å². The quantitative estimate of drug-likeness (QED) is 0.729. The zero-order valence-corrected chi connectivity index (χ0v) is 12.6. The van der Waals surface area contributed by atoms with Crippen molar-refractivity contribution in [3.8, 4) is 5.75 Å². The molecule has 1 aromatic carbocycles. The van der Waals surface area contributed by atoms with Gasteiger partial charge < -0.3 is 5.11 Å². The fourth-order valence-electron chi connectivity index (χ4n) is 1.59. The molecular weight excluding hydrogens is 264 g/mol. The second-order valence-electron chi connectivity index (χ2n) is 6.36. The summed E-state index contributed by atoms with van der Waals surface area (Å²) in [5, 5.41) is 9.96. The van der Waals surface area contributed by atoms with Crippen LogP contribution in [-0.2, 0) is 10.8 Å². The maximum atomic E-state index is 9.96. The SMILES string of the molecule is CC(C)(C)c1cc(O)c(Br)c(C(C)(C)C)c1. The summed E-state index contributed by atoms with van der Waals surface area (Å²) in [6.07, 6.45) is 0. The predicted octanol–water partition coefficient (Wildman–Crippen LogP) is 4.75. The van der Waals surface area contributed by atoms with Gasteiger partial charge in [0.1, 0.15) is 5.75 Å². The Labute approximate surface area is 107 Å². The molecule has 1 nitrogen and oxygen atoms in total. The molecule has 0 unspecified atom stereocenters. The molecule has 1 rings (SSSR count). The number of benzene rings is 1. The maximum Gasteiger partial charge on any atom is 0.130 e. The molecule has 0 aliphatic heterocycles. The van der Waals surface area contributed by atoms with Gasteiger partial charge in [-0.05, 0) is 44.0 Å². The van der Waals surface area contributed by atoms with Gasteiger partial charge in [0, 0.05) is 0 Å². The third-order valence-electron chi connectivity index (χ3n) is 2.73. The fraction of sp³-hybridized carbons (Fsp3) is 0.571. The summed E-state index contributed by atoms with van der Waals surface area (Å²) in [5.41, 5.74) is 2.39. The highest BCUT2D eigenvalue weighted by Gasteiger charge is 2.23. The molecule has 0 aromatic heterocycles. The molecule has 0 bridgehead atoms. The smallest absolute Gasteiger partial charge is 0.130 e. The molecule has 0 amide bonds. The summed E-state index contributed by atoms with van der Waals surface area (Å²) < 4.78 is 0.813. The number of halogens is 1. The van der Waals surface area contributed by atoms with E-state index in [2.05, 4.69) is 63.5 Å². The molecule has 16 heavy (non-hydrogen) atoms. The molecule has 90 valence electrons. The topological polar surface area (TPSA) is 20.2 Å². The van der Waals surface area contributed by atoms with Crippen molar-refractivity contribution in [2.75, 3.05) is 0 Å². The monoisotopic (exact) mass is 284 g/mol. The fourth-order valence-corrected chi connectivity index (χ4v) is 2.41. The highest BCUT2D eigenvalue weighted by Crippen LogP contribution is 2.39. The Morgan fingerprint density at radius 2 is 1.44 bits per heavy atom. The van der Waals surface area contributed by atoms with E-state index < -0.39 is 0 Å². The van der Waals surface area contributed by atoms with Crippen LogP contribution in [0.25, 0.3) is 0 Å². The molecule has 0 spiro atoms. The van der Waals surface area contributed by atoms with E-state index >= 15 is 0 Å². The second kappa shape index (κ2) is 4.06. The largest absolute Gasteiger partial charge is 0.507 e. The van der Waals surface area contributed by atoms with Crippen molar-refractivity contribution < 1.29 is 5.11 Å². The van der Waals surface area contributed by atoms with Gasteiger partial charge in [0.2, 0.25) is 0 Å². The van der Waals surface area contributed by atoms with Crippen LogP contribution in [0.15, 0.2) is 16.6 Å². The average Bonchev–Trinajstić information content (AvgIpc) is 2.05. The molecule has 0 atom stereocenters. The summed E-state index contributed by atoms with van der Waals surface area (Å²) in [5.74, 6) is 0.331. The van der Waals surface area contributed by atoms with Gasteiger partial charge in [-0.25, -0.2) is 0 Å². The van der Waals surface area contributed by atoms with Crippen LogP contribution in [0.1, 0.15) is 52.7 Å². The molecule has 0 fully saturated rings. The molecule has 1 N–H and O–H groups in total. The van der Waals surface area contributed by atoms with E-state index in [9.17, 15) is 5.11 Å². The van der Waals surface area contributed by atoms with Crippen LogP contribution in [0.3, 0.4) is 0 Å². The van der Waals surface area contributed by atoms with E-state index in [4.69, 9.17) is 0 Å². The van der Waals surface area contributed by atoms with E-state index in [0.717, 1.165) is 15.6 Å². The Morgan fingerprint density at radius 3 is 1.81 bits per heavy atom. The van der Waals surface area contributed by atoms with E-state index in [0.29, 0.717) is 5.75 Å². The lowest BCUT2D eigenvalue weighted by Crippen LogP contribution is -2.16. The van der Waals surface area contributed by atoms with E-state index in [-0.39, 0.29) is 10.8 Å². The van der Waals surface area contributed by atoms with Gasteiger partial charge in [-0.2, -0.15) is 0 Å². The second-order valence-corrected chi connectivity index (χ2v) is 7.15. The molecule has 0 heterocycles. The van der Waals surface area contributed by atoms with Crippen LogP contribution in [-0.4, -0.2) is 5.11 Å². The van der Waals surface area contributed by atoms with Crippen LogP contribution >= 0.6 is 15.9 Å². The normalized spacial score (nSPS) is 12.9. The number of hydrogen-bond donors (Lipinski definition) is 1. The van der Waals surface area contributed by atoms with Crippen molar-refractivity contribution in [2.24, 2.45) is 0 Å². The lowest BCUT2D eigenvalue weighted by molar-refractivity contribution is 0.461. The van der Waals surface area contributed by atoms with Crippen molar-refractivity contribution in [1.29, 1.82) is 0 Å². The molecular formula is C14H21BrO. The first-order valence-corrected chi connectivity index (χ1v) is 6.36. The lowest BCUT2D eigenvalue weighted by Gasteiger charge is -2.26. The summed E-state index contributed by atoms with van der Waals surface area (Å²) in [6, 6.07) is 4.03. The Hall–Kier alpha value is -0.500. The van der Waals surface area contributed by atoms with Gasteiger partial charge in [-0.3, -0.25) is 0 Å². The van der Waals surface area contributed by atoms with Crippen LogP contribution in [0.5, 0.6) is 5.75 Å². The number of aromatic hydroxyl groups is 1. The number of rotatable bonds is 0. The van der Waals surface area contributed by atoms with Crippen molar-refractivity contribution in [1.82, 2.24) is 0 Å². The van der Waals surface area contributed by atoms with Gasteiger partial charge in [-0.15, -0.1) is 0 Å². The Balaban J connectivity index is 3.46. The molecule has 0 aliphatic rings. The van der Waals surface area contributed by atoms with Crippen molar-refractivity contribution >= 4 is 15.9 Å². The van der Waals surface area contributed by atoms with Gasteiger partial charge in [0.25, 0.3) is 0 Å². The highest BCUT2D eigenvalue weighted by atomic mass is 79.9. The Bertz CT molecular complexity index is 394. The summed E-state index contributed by atoms with van der Waals surface area (Å²) in [4.78, 5) is 0. The van der Waals surface area contributed by atoms with Gasteiger partial charge in [0.05, 0.1) is 4.47 Å². The standard InChI is InChI=1S/C14H21BrO/c1-13(2,3)9-7-10(14(4,5)6)12(15)11(16)8-9/h7-8,16H,1-6H3. The molecule has 0 aliphatic carbocycles. The average molecular weight is 285 g/mol. The maximum absolute atomic E-state index is 9.96. The van der Waals surface area contributed by atoms with Gasteiger partial charge in [0.15, 0.2) is 0 Å². The summed E-state index contributed by atoms with van der Waals surface area (Å²) >= 11 is 3.47. The predicted molar refractivity (Wildman–Crippen MR) is 73.2 cm³/mol. The van der Waals surface area contributed by atoms with Gasteiger partial charge >= 0.3 is 0 Å². The number of phenolic OH excluding ortho intramolecular Hbond substituents is 1. The molecule has 0 saturated heterocycles. The first-order chi connectivity index (χ1) is 7.03. The minimum Gasteiger partial charge on any atom is -0.507 e. The lowest BCUT2D eigenvalue weighted by atomic mass is 9.80. The number of hydrogen-bond acceptors (Lipinski definition) is 1. The molecule has 0 radical (unpaired) electrons. The van der Waals surface area contributed by atoms with Crippen molar-refractivity contribution in [2.45, 2.75) is 52.4 Å². The zero-order valence-electron chi connectivity index (χ0n) is 11.0. The zero-order chi connectivity index (χ0) is 12.7. The van der Waals surface area contributed by atoms with Crippen LogP contribution in [0, 0.1) is 0 Å². The van der Waals surface area contributed by atoms with Crippen LogP contribution in [0.4, 0.5) is 0 Å². The first kappa shape index (κ1) is 13.6. The third kappa shape index (κ3) is 2.79. The summed E-state index contributed by atoms with van der Waals surface area (Å²) in [6.45, 7) is 12.9. The van der Waals surface area contributed by atoms with Gasteiger partial charge in [-0.1, -0.05) is 47.6 Å². The van der Waals surface area contributed by atoms with Crippen LogP contribution < -0.4 is 0 Å². The highest BCUT2D eigenvalue weighted by molar-refractivity contribution is 9.10. The first-order valence-electron chi connectivity index (χ1n) is 5.57.